The molecule has 7 aromatic rings. The number of benzene rings is 7. The smallest absolute Gasteiger partial charge is 0.680 e. The van der Waals surface area contributed by atoms with Gasteiger partial charge in [-0.2, -0.15) is 0 Å². The van der Waals surface area contributed by atoms with E-state index >= 15 is 0 Å². The molecule has 0 saturated carbocycles. The Kier molecular flexibility index (Phi) is 24.4. The van der Waals surface area contributed by atoms with Crippen molar-refractivity contribution >= 4 is 61.9 Å². The van der Waals surface area contributed by atoms with Crippen LogP contribution in [0.1, 0.15) is 66.8 Å². The van der Waals surface area contributed by atoms with Gasteiger partial charge in [0.15, 0.2) is 0 Å². The van der Waals surface area contributed by atoms with Crippen molar-refractivity contribution < 1.29 is 36.9 Å². The topological polar surface area (TPSA) is 129 Å². The molecule has 10 nitrogen and oxygen atoms in total. The second-order valence-corrected chi connectivity index (χ2v) is 36.0. The van der Waals surface area contributed by atoms with E-state index in [4.69, 9.17) is 15.3 Å². The van der Waals surface area contributed by atoms with E-state index in [9.17, 15) is 0 Å². The van der Waals surface area contributed by atoms with Gasteiger partial charge in [-0.1, -0.05) is 212 Å². The van der Waals surface area contributed by atoms with Gasteiger partial charge in [-0.25, -0.2) is 0 Å². The summed E-state index contributed by atoms with van der Waals surface area (Å²) in [5, 5.41) is 34.3. The minimum atomic E-state index is -2.61. The summed E-state index contributed by atoms with van der Waals surface area (Å²) in [7, 11) is -4.91. The number of hydrogen-bond donors (Lipinski definition) is 0. The third kappa shape index (κ3) is 18.7. The normalized spacial score (nSPS) is 11.6. The quantitative estimate of drug-likeness (QED) is 0.0395. The first-order valence-corrected chi connectivity index (χ1v) is 35.0. The SMILES string of the molecule is Cc1cc(C)c(N=NN=P(c2ccccc2)(c2ccccc2)c2ccccc2C[N-]c2c(C)cccc2C)c(C)c1.Cc1cc(C)c(N=N[N-]C[Si](C)(C)C)c(C)c1.Cc1cc(C)c(N=N[N-]C[Si](C)(C)C)c(C)c1.[Lu+3]. The molecule has 0 aliphatic rings. The Labute approximate surface area is 487 Å². The molecule has 76 heavy (non-hydrogen) atoms. The van der Waals surface area contributed by atoms with Gasteiger partial charge in [0.1, 0.15) is 0 Å². The van der Waals surface area contributed by atoms with Gasteiger partial charge in [-0.3, -0.25) is 10.4 Å². The van der Waals surface area contributed by atoms with Crippen LogP contribution in [-0.4, -0.2) is 28.5 Å². The fraction of sp³-hybridized carbons (Fsp3) is 0.323. The van der Waals surface area contributed by atoms with Crippen molar-refractivity contribution in [1.82, 2.24) is 0 Å². The van der Waals surface area contributed by atoms with Gasteiger partial charge in [0.25, 0.3) is 0 Å². The molecule has 0 aliphatic carbocycles. The molecule has 7 aromatic carbocycles. The van der Waals surface area contributed by atoms with E-state index in [0.717, 1.165) is 89.9 Å². The maximum absolute atomic E-state index is 5.24. The molecule has 0 saturated heterocycles. The van der Waals surface area contributed by atoms with Gasteiger partial charge in [0, 0.05) is 32.1 Å². The molecule has 0 aromatic heterocycles. The zero-order chi connectivity index (χ0) is 54.9. The van der Waals surface area contributed by atoms with Crippen molar-refractivity contribution in [1.29, 1.82) is 0 Å². The van der Waals surface area contributed by atoms with E-state index < -0.39 is 23.2 Å². The summed E-state index contributed by atoms with van der Waals surface area (Å²) in [6.45, 7) is 37.1. The average molecular weight is 1230 g/mol. The summed E-state index contributed by atoms with van der Waals surface area (Å²) in [6, 6.07) is 48.8. The Hall–Kier alpha value is -5.36. The Morgan fingerprint density at radius 1 is 0.408 bits per heavy atom. The Balaban J connectivity index is 0.000000294. The molecule has 14 heteroatoms. The van der Waals surface area contributed by atoms with E-state index in [2.05, 4.69) is 280 Å². The zero-order valence-corrected chi connectivity index (χ0v) is 52.6. The predicted molar refractivity (Wildman–Crippen MR) is 329 cm³/mol. The summed E-state index contributed by atoms with van der Waals surface area (Å²) in [5.74, 6) is 0. The average Bonchev–Trinajstić information content (AvgIpc) is 3.33. The molecule has 0 heterocycles. The molecule has 0 spiro atoms. The van der Waals surface area contributed by atoms with Crippen LogP contribution >= 0.6 is 7.05 Å². The molecule has 0 unspecified atom stereocenters. The summed E-state index contributed by atoms with van der Waals surface area (Å²) in [6.07, 6.45) is 1.67. The second-order valence-electron chi connectivity index (χ2n) is 22.1. The van der Waals surface area contributed by atoms with Crippen LogP contribution in [0.5, 0.6) is 0 Å². The first kappa shape index (κ1) is 63.2. The van der Waals surface area contributed by atoms with Crippen LogP contribution in [0.25, 0.3) is 16.2 Å². The van der Waals surface area contributed by atoms with Crippen LogP contribution in [-0.2, 0) is 6.54 Å². The molecule has 0 radical (unpaired) electrons. The molecule has 0 fully saturated rings. The predicted octanol–water partition coefficient (Wildman–Crippen LogP) is 19.3. The summed E-state index contributed by atoms with van der Waals surface area (Å²) >= 11 is 0. The van der Waals surface area contributed by atoms with Crippen LogP contribution in [0.4, 0.5) is 22.7 Å². The van der Waals surface area contributed by atoms with E-state index in [-0.39, 0.29) is 36.9 Å². The van der Waals surface area contributed by atoms with Crippen molar-refractivity contribution in [2.75, 3.05) is 12.3 Å². The van der Waals surface area contributed by atoms with Gasteiger partial charge < -0.3 is 26.4 Å². The summed E-state index contributed by atoms with van der Waals surface area (Å²) in [4.78, 5) is 5.24. The monoisotopic (exact) mass is 1230 g/mol. The van der Waals surface area contributed by atoms with Crippen molar-refractivity contribution in [2.45, 2.75) is 122 Å². The first-order valence-electron chi connectivity index (χ1n) is 25.8. The van der Waals surface area contributed by atoms with Crippen molar-refractivity contribution in [3.63, 3.8) is 0 Å². The van der Waals surface area contributed by atoms with Gasteiger partial charge >= 0.3 is 36.9 Å². The van der Waals surface area contributed by atoms with E-state index in [1.165, 1.54) is 27.8 Å². The Morgan fingerprint density at radius 3 is 1.14 bits per heavy atom. The standard InChI is InChI=1S/C36H36N4P.2C13H22N3Si.Lu/c1-26-23-29(4)36(30(5)24-26)38-39-40-41(32-18-8-6-9-19-32,33-20-10-7-11-21-33)34-22-13-12-17-31(34)25-37-35-27(2)15-14-16-28(35)3;2*1-10-7-11(2)13(12(3)8-10)15-16-14-9-17(4,5)6;/h6-24H,25H2,1-5H3;2*7-8H,9H2,1-6H3;/q3*-1;+3. The van der Waals surface area contributed by atoms with Gasteiger partial charge in [-0.05, 0) is 138 Å². The van der Waals surface area contributed by atoms with Gasteiger partial charge in [0.2, 0.25) is 0 Å². The summed E-state index contributed by atoms with van der Waals surface area (Å²) in [5.41, 5.74) is 26.2. The number of aryl methyl sites for hydroxylation is 11. The molecule has 0 aliphatic heterocycles. The maximum Gasteiger partial charge on any atom is 3.00 e. The fourth-order valence-corrected chi connectivity index (χ4v) is 13.2. The number of nitrogens with zero attached hydrogens (tertiary/aromatic N) is 10. The molecule has 0 bridgehead atoms. The minimum absolute atomic E-state index is 0. The zero-order valence-electron chi connectivity index (χ0n) is 48.1. The van der Waals surface area contributed by atoms with Crippen LogP contribution in [0.2, 0.25) is 39.3 Å². The van der Waals surface area contributed by atoms with Gasteiger partial charge in [0.05, 0.1) is 12.7 Å². The van der Waals surface area contributed by atoms with Gasteiger partial charge in [-0.15, -0.1) is 22.2 Å². The molecule has 0 amide bonds. The number of para-hydroxylation sites is 1. The number of rotatable bonds is 16. The fourth-order valence-electron chi connectivity index (χ4n) is 8.80. The molecule has 7 rings (SSSR count). The maximum atomic E-state index is 5.24. The first-order chi connectivity index (χ1) is 35.5. The van der Waals surface area contributed by atoms with Crippen LogP contribution in [0, 0.1) is 113 Å². The molecular weight excluding hydrogens is 1150 g/mol. The Bertz CT molecular complexity index is 2950. The van der Waals surface area contributed by atoms with Crippen LogP contribution in [0.3, 0.4) is 0 Å². The van der Waals surface area contributed by atoms with E-state index in [1.807, 2.05) is 12.1 Å². The molecule has 406 valence electrons. The van der Waals surface area contributed by atoms with Crippen LogP contribution < -0.4 is 15.9 Å². The van der Waals surface area contributed by atoms with E-state index in [0.29, 0.717) is 6.54 Å². The third-order valence-electron chi connectivity index (χ3n) is 12.2. The second kappa shape index (κ2) is 29.4. The molecule has 0 atom stereocenters. The van der Waals surface area contributed by atoms with Crippen molar-refractivity contribution in [3.8, 4) is 0 Å². The molecular formula is C62H80LuN10PSi2. The van der Waals surface area contributed by atoms with E-state index in [1.54, 1.807) is 0 Å². The third-order valence-corrected chi connectivity index (χ3v) is 17.9. The summed E-state index contributed by atoms with van der Waals surface area (Å²) < 4.78 is 0. The van der Waals surface area contributed by atoms with Crippen molar-refractivity contribution in [2.24, 2.45) is 35.9 Å². The minimum Gasteiger partial charge on any atom is -0.680 e. The Morgan fingerprint density at radius 2 is 0.763 bits per heavy atom. The largest absolute Gasteiger partial charge is 3.00 e. The molecule has 0 N–H and O–H groups in total. The van der Waals surface area contributed by atoms with Crippen LogP contribution in [0.15, 0.2) is 175 Å². The number of hydrogen-bond acceptors (Lipinski definition) is 5. The van der Waals surface area contributed by atoms with Crippen molar-refractivity contribution in [3.05, 3.63) is 222 Å².